The molecule has 2 rings (SSSR count). The highest BCUT2D eigenvalue weighted by Gasteiger charge is 2.19. The molecule has 1 aliphatic heterocycles. The molecule has 118 valence electrons. The first kappa shape index (κ1) is 16.0. The zero-order valence-corrected chi connectivity index (χ0v) is 13.2. The molecule has 1 fully saturated rings. The molecule has 6 nitrogen and oxygen atoms in total. The highest BCUT2D eigenvalue weighted by atomic mass is 16.3. The highest BCUT2D eigenvalue weighted by Crippen LogP contribution is 2.24. The lowest BCUT2D eigenvalue weighted by molar-refractivity contribution is 0.204. The van der Waals surface area contributed by atoms with E-state index in [-0.39, 0.29) is 6.61 Å². The van der Waals surface area contributed by atoms with Crippen molar-refractivity contribution < 1.29 is 5.11 Å². The zero-order valence-electron chi connectivity index (χ0n) is 13.2. The van der Waals surface area contributed by atoms with E-state index in [4.69, 9.17) is 5.11 Å². The fraction of sp³-hybridized carbons (Fsp3) is 0.733. The summed E-state index contributed by atoms with van der Waals surface area (Å²) in [6.07, 6.45) is 3.68. The molecule has 21 heavy (non-hydrogen) atoms. The van der Waals surface area contributed by atoms with Crippen LogP contribution in [0.3, 0.4) is 0 Å². The van der Waals surface area contributed by atoms with E-state index in [1.54, 1.807) is 6.33 Å². The predicted molar refractivity (Wildman–Crippen MR) is 85.9 cm³/mol. The standard InChI is InChI=1S/C15H27N5O/c1-3-13-14(16-4-2)17-12-18-15(13)20-7-5-6-19(8-9-20)10-11-21/h12,21H,3-11H2,1-2H3,(H,16,17,18). The quantitative estimate of drug-likeness (QED) is 0.815. The predicted octanol–water partition coefficient (Wildman–Crippen LogP) is 0.975. The van der Waals surface area contributed by atoms with Crippen molar-refractivity contribution in [1.29, 1.82) is 0 Å². The van der Waals surface area contributed by atoms with Crippen molar-refractivity contribution in [2.45, 2.75) is 26.7 Å². The molecule has 1 saturated heterocycles. The number of nitrogens with one attached hydrogen (secondary N) is 1. The van der Waals surface area contributed by atoms with Gasteiger partial charge in [-0.15, -0.1) is 0 Å². The Hall–Kier alpha value is -1.40. The van der Waals surface area contributed by atoms with Crippen molar-refractivity contribution in [3.63, 3.8) is 0 Å². The van der Waals surface area contributed by atoms with E-state index in [9.17, 15) is 0 Å². The van der Waals surface area contributed by atoms with Gasteiger partial charge in [0.25, 0.3) is 0 Å². The molecule has 6 heteroatoms. The number of hydrogen-bond donors (Lipinski definition) is 2. The number of rotatable bonds is 6. The molecular weight excluding hydrogens is 266 g/mol. The maximum atomic E-state index is 9.09. The molecule has 0 bridgehead atoms. The molecule has 0 atom stereocenters. The minimum atomic E-state index is 0.234. The number of aromatic nitrogens is 2. The van der Waals surface area contributed by atoms with E-state index < -0.39 is 0 Å². The fourth-order valence-electron chi connectivity index (χ4n) is 2.87. The van der Waals surface area contributed by atoms with Crippen LogP contribution in [0, 0.1) is 0 Å². The van der Waals surface area contributed by atoms with E-state index in [2.05, 4.69) is 38.9 Å². The van der Waals surface area contributed by atoms with Crippen molar-refractivity contribution in [3.05, 3.63) is 11.9 Å². The lowest BCUT2D eigenvalue weighted by Crippen LogP contribution is -2.33. The highest BCUT2D eigenvalue weighted by molar-refractivity contribution is 5.58. The SMILES string of the molecule is CCNc1ncnc(N2CCCN(CCO)CC2)c1CC. The van der Waals surface area contributed by atoms with Gasteiger partial charge in [-0.25, -0.2) is 9.97 Å². The van der Waals surface area contributed by atoms with Gasteiger partial charge >= 0.3 is 0 Å². The fourth-order valence-corrected chi connectivity index (χ4v) is 2.87. The van der Waals surface area contributed by atoms with Gasteiger partial charge in [-0.05, 0) is 26.3 Å². The maximum Gasteiger partial charge on any atom is 0.137 e. The van der Waals surface area contributed by atoms with Crippen molar-refractivity contribution in [2.75, 3.05) is 56.1 Å². The summed E-state index contributed by atoms with van der Waals surface area (Å²) in [7, 11) is 0. The Bertz CT molecular complexity index is 440. The van der Waals surface area contributed by atoms with Crippen LogP contribution in [0.1, 0.15) is 25.8 Å². The Kier molecular flexibility index (Phi) is 6.20. The van der Waals surface area contributed by atoms with Gasteiger partial charge in [0.2, 0.25) is 0 Å². The Labute approximate surface area is 127 Å². The van der Waals surface area contributed by atoms with E-state index in [1.165, 1.54) is 5.56 Å². The van der Waals surface area contributed by atoms with Crippen LogP contribution >= 0.6 is 0 Å². The topological polar surface area (TPSA) is 64.5 Å². The second-order valence-corrected chi connectivity index (χ2v) is 5.31. The number of β-amino-alcohol motifs (C(OH)–C–C–N with tert-alkyl or cyclic N) is 1. The molecule has 0 aliphatic carbocycles. The van der Waals surface area contributed by atoms with Gasteiger partial charge in [0, 0.05) is 38.3 Å². The first-order valence-electron chi connectivity index (χ1n) is 7.96. The van der Waals surface area contributed by atoms with Crippen molar-refractivity contribution in [2.24, 2.45) is 0 Å². The molecule has 0 spiro atoms. The number of hydrogen-bond acceptors (Lipinski definition) is 6. The van der Waals surface area contributed by atoms with E-state index in [0.29, 0.717) is 0 Å². The molecule has 2 N–H and O–H groups in total. The minimum Gasteiger partial charge on any atom is -0.395 e. The van der Waals surface area contributed by atoms with E-state index >= 15 is 0 Å². The van der Waals surface area contributed by atoms with Crippen LogP contribution in [0.2, 0.25) is 0 Å². The first-order valence-corrected chi connectivity index (χ1v) is 7.96. The second-order valence-electron chi connectivity index (χ2n) is 5.31. The Morgan fingerprint density at radius 2 is 2.05 bits per heavy atom. The van der Waals surface area contributed by atoms with Gasteiger partial charge in [-0.2, -0.15) is 0 Å². The van der Waals surface area contributed by atoms with Crippen LogP contribution in [0.5, 0.6) is 0 Å². The summed E-state index contributed by atoms with van der Waals surface area (Å²) in [5.74, 6) is 2.02. The third-order valence-electron chi connectivity index (χ3n) is 3.92. The lowest BCUT2D eigenvalue weighted by Gasteiger charge is -2.25. The summed E-state index contributed by atoms with van der Waals surface area (Å²) in [5.41, 5.74) is 1.20. The van der Waals surface area contributed by atoms with Crippen molar-refractivity contribution in [1.82, 2.24) is 14.9 Å². The van der Waals surface area contributed by atoms with Crippen LogP contribution in [-0.4, -0.2) is 65.8 Å². The van der Waals surface area contributed by atoms with Gasteiger partial charge in [0.1, 0.15) is 18.0 Å². The number of nitrogens with zero attached hydrogens (tertiary/aromatic N) is 4. The summed E-state index contributed by atoms with van der Waals surface area (Å²) in [5, 5.41) is 12.4. The summed E-state index contributed by atoms with van der Waals surface area (Å²) in [4.78, 5) is 13.6. The Morgan fingerprint density at radius 1 is 1.19 bits per heavy atom. The molecule has 1 aliphatic rings. The third-order valence-corrected chi connectivity index (χ3v) is 3.92. The average molecular weight is 293 g/mol. The smallest absolute Gasteiger partial charge is 0.137 e. The van der Waals surface area contributed by atoms with Crippen LogP contribution in [0.4, 0.5) is 11.6 Å². The zero-order chi connectivity index (χ0) is 15.1. The second kappa shape index (κ2) is 8.14. The first-order chi connectivity index (χ1) is 10.3. The van der Waals surface area contributed by atoms with E-state index in [0.717, 1.165) is 63.7 Å². The number of aliphatic hydroxyl groups excluding tert-OH is 1. The average Bonchev–Trinajstić information content (AvgIpc) is 2.73. The number of aliphatic hydroxyl groups is 1. The van der Waals surface area contributed by atoms with Gasteiger partial charge in [-0.1, -0.05) is 6.92 Å². The van der Waals surface area contributed by atoms with Crippen molar-refractivity contribution in [3.8, 4) is 0 Å². The van der Waals surface area contributed by atoms with Crippen molar-refractivity contribution >= 4 is 11.6 Å². The Morgan fingerprint density at radius 3 is 2.76 bits per heavy atom. The van der Waals surface area contributed by atoms with Crippen LogP contribution in [-0.2, 0) is 6.42 Å². The molecule has 0 amide bonds. The van der Waals surface area contributed by atoms with Crippen LogP contribution in [0.25, 0.3) is 0 Å². The molecule has 2 heterocycles. The summed E-state index contributed by atoms with van der Waals surface area (Å²) in [6.45, 7) is 10.1. The summed E-state index contributed by atoms with van der Waals surface area (Å²) in [6, 6.07) is 0. The van der Waals surface area contributed by atoms with Crippen LogP contribution < -0.4 is 10.2 Å². The minimum absolute atomic E-state index is 0.234. The molecule has 0 aromatic carbocycles. The molecule has 0 radical (unpaired) electrons. The largest absolute Gasteiger partial charge is 0.395 e. The van der Waals surface area contributed by atoms with E-state index in [1.807, 2.05) is 0 Å². The van der Waals surface area contributed by atoms with Crippen LogP contribution in [0.15, 0.2) is 6.33 Å². The number of anilines is 2. The lowest BCUT2D eigenvalue weighted by atomic mass is 10.2. The molecular formula is C15H27N5O. The summed E-state index contributed by atoms with van der Waals surface area (Å²) >= 11 is 0. The molecule has 1 aromatic rings. The molecule has 0 saturated carbocycles. The normalized spacial score (nSPS) is 16.8. The van der Waals surface area contributed by atoms with Gasteiger partial charge in [0.05, 0.1) is 6.61 Å². The molecule has 0 unspecified atom stereocenters. The molecule has 1 aromatic heterocycles. The Balaban J connectivity index is 2.15. The van der Waals surface area contributed by atoms with Gasteiger partial charge < -0.3 is 15.3 Å². The third kappa shape index (κ3) is 4.04. The maximum absolute atomic E-state index is 9.09. The van der Waals surface area contributed by atoms with Gasteiger partial charge in [0.15, 0.2) is 0 Å². The summed E-state index contributed by atoms with van der Waals surface area (Å²) < 4.78 is 0. The van der Waals surface area contributed by atoms with Gasteiger partial charge in [-0.3, -0.25) is 4.90 Å². The monoisotopic (exact) mass is 293 g/mol.